The summed E-state index contributed by atoms with van der Waals surface area (Å²) in [6.45, 7) is 1.42. The van der Waals surface area contributed by atoms with E-state index >= 15 is 0 Å². The van der Waals surface area contributed by atoms with E-state index in [1.807, 2.05) is 38.5 Å². The van der Waals surface area contributed by atoms with Crippen molar-refractivity contribution in [2.75, 3.05) is 27.2 Å². The highest BCUT2D eigenvalue weighted by atomic mass is 32.1. The lowest BCUT2D eigenvalue weighted by molar-refractivity contribution is 0.261. The van der Waals surface area contributed by atoms with Crippen molar-refractivity contribution in [3.8, 4) is 28.4 Å². The molecule has 37 heavy (non-hydrogen) atoms. The maximum atomic E-state index is 6.28. The second kappa shape index (κ2) is 9.68. The van der Waals surface area contributed by atoms with Gasteiger partial charge < -0.3 is 20.4 Å². The maximum absolute atomic E-state index is 6.28. The lowest BCUT2D eigenvalue weighted by Crippen LogP contribution is -2.19. The Hall–Kier alpha value is -4.21. The molecule has 1 aliphatic carbocycles. The number of rotatable bonds is 7. The van der Waals surface area contributed by atoms with E-state index in [1.165, 1.54) is 4.88 Å². The van der Waals surface area contributed by atoms with Crippen LogP contribution in [0.3, 0.4) is 0 Å². The number of nitrogens with two attached hydrogens (primary N) is 1. The first kappa shape index (κ1) is 23.2. The topological polar surface area (TPSA) is 109 Å². The molecule has 0 saturated carbocycles. The van der Waals surface area contributed by atoms with Crippen molar-refractivity contribution in [3.05, 3.63) is 88.3 Å². The summed E-state index contributed by atoms with van der Waals surface area (Å²) in [6, 6.07) is 10.4. The monoisotopic (exact) mass is 509 g/mol. The first-order valence-corrected chi connectivity index (χ1v) is 12.9. The van der Waals surface area contributed by atoms with Gasteiger partial charge in [-0.05, 0) is 49.8 Å². The van der Waals surface area contributed by atoms with Crippen LogP contribution < -0.4 is 10.5 Å². The molecular weight excluding hydrogens is 482 g/mol. The average molecular weight is 510 g/mol. The molecule has 9 heteroatoms. The SMILES string of the molecule is CN(C)CCOc1cncc(-c2cc3c(-c4cc5c([nH]4)CC(N)=CC=C5c4cccs4)n[nH]c3cn2)c1. The van der Waals surface area contributed by atoms with E-state index in [0.29, 0.717) is 13.0 Å². The summed E-state index contributed by atoms with van der Waals surface area (Å²) in [5, 5.41) is 10.8. The molecule has 0 amide bonds. The molecule has 0 fully saturated rings. The van der Waals surface area contributed by atoms with Gasteiger partial charge in [0.15, 0.2) is 0 Å². The predicted molar refractivity (Wildman–Crippen MR) is 148 cm³/mol. The molecule has 0 bridgehead atoms. The molecule has 186 valence electrons. The van der Waals surface area contributed by atoms with Gasteiger partial charge in [-0.15, -0.1) is 11.3 Å². The number of fused-ring (bicyclic) bond motifs is 2. The number of hydrogen-bond acceptors (Lipinski definition) is 7. The molecule has 4 N–H and O–H groups in total. The number of ether oxygens (including phenoxy) is 1. The number of aromatic amines is 2. The number of nitrogens with one attached hydrogen (secondary N) is 2. The lowest BCUT2D eigenvalue weighted by atomic mass is 10.0. The van der Waals surface area contributed by atoms with E-state index in [9.17, 15) is 0 Å². The van der Waals surface area contributed by atoms with Crippen LogP contribution in [0.15, 0.2) is 72.2 Å². The third kappa shape index (κ3) is 4.66. The Morgan fingerprint density at radius 2 is 2.05 bits per heavy atom. The summed E-state index contributed by atoms with van der Waals surface area (Å²) in [5.41, 5.74) is 14.8. The average Bonchev–Trinajstić information content (AvgIpc) is 3.63. The fraction of sp³-hybridized carbons (Fsp3) is 0.179. The molecule has 6 rings (SSSR count). The number of hydrogen-bond donors (Lipinski definition) is 3. The van der Waals surface area contributed by atoms with E-state index in [2.05, 4.69) is 59.7 Å². The zero-order chi connectivity index (χ0) is 25.4. The Kier molecular flexibility index (Phi) is 6.07. The molecule has 0 aromatic carbocycles. The number of thiophene rings is 1. The minimum atomic E-state index is 0.593. The highest BCUT2D eigenvalue weighted by molar-refractivity contribution is 7.11. The molecule has 0 unspecified atom stereocenters. The van der Waals surface area contributed by atoms with E-state index in [4.69, 9.17) is 10.5 Å². The smallest absolute Gasteiger partial charge is 0.138 e. The van der Waals surface area contributed by atoms with Crippen molar-refractivity contribution in [2.45, 2.75) is 6.42 Å². The Bertz CT molecular complexity index is 1630. The molecule has 5 aromatic rings. The van der Waals surface area contributed by atoms with Gasteiger partial charge in [0.2, 0.25) is 0 Å². The van der Waals surface area contributed by atoms with Crippen LogP contribution in [0.1, 0.15) is 16.1 Å². The van der Waals surface area contributed by atoms with Gasteiger partial charge in [-0.3, -0.25) is 15.1 Å². The zero-order valence-corrected chi connectivity index (χ0v) is 21.5. The Morgan fingerprint density at radius 3 is 2.89 bits per heavy atom. The van der Waals surface area contributed by atoms with Crippen molar-refractivity contribution in [1.82, 2.24) is 30.0 Å². The van der Waals surface area contributed by atoms with Crippen molar-refractivity contribution in [1.29, 1.82) is 0 Å². The zero-order valence-electron chi connectivity index (χ0n) is 20.7. The van der Waals surface area contributed by atoms with Gasteiger partial charge in [0.1, 0.15) is 18.1 Å². The summed E-state index contributed by atoms with van der Waals surface area (Å²) < 4.78 is 5.88. The summed E-state index contributed by atoms with van der Waals surface area (Å²) in [4.78, 5) is 15.9. The normalized spacial score (nSPS) is 13.4. The first-order valence-electron chi connectivity index (χ1n) is 12.0. The molecule has 5 heterocycles. The van der Waals surface area contributed by atoms with E-state index < -0.39 is 0 Å². The van der Waals surface area contributed by atoms with Crippen LogP contribution >= 0.6 is 11.3 Å². The summed E-state index contributed by atoms with van der Waals surface area (Å²) in [7, 11) is 4.04. The van der Waals surface area contributed by atoms with Crippen LogP contribution in [0, 0.1) is 0 Å². The molecule has 0 radical (unpaired) electrons. The number of pyridine rings is 2. The molecule has 0 atom stereocenters. The fourth-order valence-electron chi connectivity index (χ4n) is 4.46. The molecule has 0 saturated heterocycles. The Morgan fingerprint density at radius 1 is 1.14 bits per heavy atom. The highest BCUT2D eigenvalue weighted by Gasteiger charge is 2.20. The van der Waals surface area contributed by atoms with Gasteiger partial charge >= 0.3 is 0 Å². The van der Waals surface area contributed by atoms with Crippen LogP contribution in [0.2, 0.25) is 0 Å². The van der Waals surface area contributed by atoms with Crippen LogP contribution in [-0.4, -0.2) is 57.3 Å². The number of allylic oxidation sites excluding steroid dienone is 3. The molecule has 0 aliphatic heterocycles. The number of aromatic nitrogens is 5. The first-order chi connectivity index (χ1) is 18.0. The molecule has 5 aromatic heterocycles. The van der Waals surface area contributed by atoms with Crippen LogP contribution in [0.4, 0.5) is 0 Å². The molecule has 0 spiro atoms. The number of likely N-dealkylation sites (N-methyl/N-ethyl adjacent to an activating group) is 1. The fourth-order valence-corrected chi connectivity index (χ4v) is 5.22. The Balaban J connectivity index is 1.36. The third-order valence-electron chi connectivity index (χ3n) is 6.34. The van der Waals surface area contributed by atoms with Crippen LogP contribution in [0.5, 0.6) is 5.75 Å². The van der Waals surface area contributed by atoms with Crippen molar-refractivity contribution in [3.63, 3.8) is 0 Å². The minimum absolute atomic E-state index is 0.593. The predicted octanol–water partition coefficient (Wildman–Crippen LogP) is 4.85. The van der Waals surface area contributed by atoms with Gasteiger partial charge in [-0.1, -0.05) is 12.1 Å². The van der Waals surface area contributed by atoms with Crippen molar-refractivity contribution < 1.29 is 4.74 Å². The summed E-state index contributed by atoms with van der Waals surface area (Å²) in [5.74, 6) is 0.723. The molecule has 8 nitrogen and oxygen atoms in total. The van der Waals surface area contributed by atoms with Gasteiger partial charge in [-0.2, -0.15) is 5.10 Å². The van der Waals surface area contributed by atoms with E-state index in [0.717, 1.165) is 68.4 Å². The summed E-state index contributed by atoms with van der Waals surface area (Å²) in [6.07, 6.45) is 10.1. The summed E-state index contributed by atoms with van der Waals surface area (Å²) >= 11 is 1.72. The van der Waals surface area contributed by atoms with Crippen LogP contribution in [0.25, 0.3) is 39.1 Å². The van der Waals surface area contributed by atoms with Gasteiger partial charge in [-0.25, -0.2) is 0 Å². The maximum Gasteiger partial charge on any atom is 0.138 e. The van der Waals surface area contributed by atoms with Gasteiger partial charge in [0.25, 0.3) is 0 Å². The van der Waals surface area contributed by atoms with E-state index in [-0.39, 0.29) is 0 Å². The van der Waals surface area contributed by atoms with Gasteiger partial charge in [0, 0.05) is 57.5 Å². The molecular formula is C28H27N7OS. The second-order valence-electron chi connectivity index (χ2n) is 9.30. The van der Waals surface area contributed by atoms with E-state index in [1.54, 1.807) is 23.7 Å². The largest absolute Gasteiger partial charge is 0.491 e. The standard InChI is InChI=1S/C28H27N7OS/c1-35(2)7-8-36-19-10-17(14-30-15-19)23-13-22-26(16-31-23)33-34-28(22)25-12-21-20(27-4-3-9-37-27)6-5-18(29)11-24(21)32-25/h3-6,9-10,12-16,32H,7-8,11,29H2,1-2H3,(H,33,34). The van der Waals surface area contributed by atoms with Gasteiger partial charge in [0.05, 0.1) is 29.3 Å². The van der Waals surface area contributed by atoms with Crippen LogP contribution in [-0.2, 0) is 6.42 Å². The second-order valence-corrected chi connectivity index (χ2v) is 10.2. The van der Waals surface area contributed by atoms with Crippen molar-refractivity contribution in [2.24, 2.45) is 5.73 Å². The quantitative estimate of drug-likeness (QED) is 0.290. The minimum Gasteiger partial charge on any atom is -0.491 e. The third-order valence-corrected chi connectivity index (χ3v) is 7.24. The Labute approximate surface area is 218 Å². The molecule has 1 aliphatic rings. The van der Waals surface area contributed by atoms with Crippen molar-refractivity contribution >= 4 is 27.8 Å². The number of nitrogens with zero attached hydrogens (tertiary/aromatic N) is 4. The lowest BCUT2D eigenvalue weighted by Gasteiger charge is -2.11. The number of H-pyrrole nitrogens is 2. The highest BCUT2D eigenvalue weighted by Crippen LogP contribution is 2.37.